The lowest BCUT2D eigenvalue weighted by Gasteiger charge is -2.26. The Labute approximate surface area is 154 Å². The summed E-state index contributed by atoms with van der Waals surface area (Å²) in [7, 11) is 0. The molecule has 0 aromatic heterocycles. The maximum absolute atomic E-state index is 13.9. The Bertz CT molecular complexity index is 829. The Morgan fingerprint density at radius 1 is 1.36 bits per heavy atom. The second-order valence-electron chi connectivity index (χ2n) is 5.80. The van der Waals surface area contributed by atoms with Gasteiger partial charge in [0.2, 0.25) is 0 Å². The Balaban J connectivity index is 1.79. The van der Waals surface area contributed by atoms with Crippen LogP contribution in [0.15, 0.2) is 42.5 Å². The molecule has 1 aliphatic carbocycles. The zero-order valence-electron chi connectivity index (χ0n) is 13.1. The molecule has 1 fully saturated rings. The van der Waals surface area contributed by atoms with Gasteiger partial charge in [0, 0.05) is 30.3 Å². The van der Waals surface area contributed by atoms with Crippen LogP contribution in [-0.4, -0.2) is 21.0 Å². The molecular formula is C17H15ClFN3O2S. The molecule has 0 spiro atoms. The number of hydrogen-bond acceptors (Lipinski definition) is 3. The molecule has 0 heterocycles. The number of hydrogen-bond donors (Lipinski definition) is 1. The second kappa shape index (κ2) is 7.33. The van der Waals surface area contributed by atoms with Crippen LogP contribution in [0.3, 0.4) is 0 Å². The number of thiocarbonyl (C=S) groups is 1. The van der Waals surface area contributed by atoms with E-state index in [1.807, 2.05) is 4.90 Å². The first kappa shape index (κ1) is 17.6. The minimum atomic E-state index is -0.497. The number of nitro benzene ring substituents is 1. The van der Waals surface area contributed by atoms with Gasteiger partial charge in [0.15, 0.2) is 5.11 Å². The number of benzene rings is 2. The maximum atomic E-state index is 13.9. The minimum absolute atomic E-state index is 0.0817. The van der Waals surface area contributed by atoms with Crippen molar-refractivity contribution in [2.24, 2.45) is 0 Å². The van der Waals surface area contributed by atoms with Crippen molar-refractivity contribution in [2.75, 3.05) is 5.32 Å². The van der Waals surface area contributed by atoms with Gasteiger partial charge < -0.3 is 10.2 Å². The fraction of sp³-hybridized carbons (Fsp3) is 0.235. The Morgan fingerprint density at radius 2 is 2.08 bits per heavy atom. The summed E-state index contributed by atoms with van der Waals surface area (Å²) in [5.74, 6) is -0.288. The predicted molar refractivity (Wildman–Crippen MR) is 99.3 cm³/mol. The van der Waals surface area contributed by atoms with Crippen LogP contribution in [0.25, 0.3) is 0 Å². The van der Waals surface area contributed by atoms with Gasteiger partial charge in [0.25, 0.3) is 5.69 Å². The van der Waals surface area contributed by atoms with Crippen molar-refractivity contribution in [3.63, 3.8) is 0 Å². The molecular weight excluding hydrogens is 365 g/mol. The van der Waals surface area contributed by atoms with E-state index in [4.69, 9.17) is 23.8 Å². The summed E-state index contributed by atoms with van der Waals surface area (Å²) in [6.07, 6.45) is 1.94. The highest BCUT2D eigenvalue weighted by Gasteiger charge is 2.31. The molecule has 0 amide bonds. The van der Waals surface area contributed by atoms with Crippen molar-refractivity contribution in [1.29, 1.82) is 0 Å². The van der Waals surface area contributed by atoms with Crippen LogP contribution < -0.4 is 5.32 Å². The average molecular weight is 380 g/mol. The second-order valence-corrected chi connectivity index (χ2v) is 6.60. The highest BCUT2D eigenvalue weighted by molar-refractivity contribution is 7.80. The third-order valence-corrected chi connectivity index (χ3v) is 4.62. The first-order valence-electron chi connectivity index (χ1n) is 7.70. The summed E-state index contributed by atoms with van der Waals surface area (Å²) in [6, 6.07) is 10.9. The van der Waals surface area contributed by atoms with Crippen LogP contribution >= 0.6 is 23.8 Å². The van der Waals surface area contributed by atoms with Crippen LogP contribution in [0.2, 0.25) is 5.02 Å². The standard InChI is InChI=1S/C17H15ClFN3O2S/c18-14-8-7-13(22(23)24)9-16(14)20-17(25)21(12-5-6-12)10-11-3-1-2-4-15(11)19/h1-4,7-9,12H,5-6,10H2,(H,20,25). The largest absolute Gasteiger partial charge is 0.342 e. The minimum Gasteiger partial charge on any atom is -0.342 e. The highest BCUT2D eigenvalue weighted by Crippen LogP contribution is 2.31. The zero-order chi connectivity index (χ0) is 18.0. The normalized spacial score (nSPS) is 13.4. The molecule has 0 unspecified atom stereocenters. The van der Waals surface area contributed by atoms with Crippen LogP contribution in [0, 0.1) is 15.9 Å². The van der Waals surface area contributed by atoms with E-state index in [1.54, 1.807) is 18.2 Å². The van der Waals surface area contributed by atoms with Gasteiger partial charge in [0.1, 0.15) is 5.82 Å². The molecule has 2 aromatic carbocycles. The van der Waals surface area contributed by atoms with E-state index >= 15 is 0 Å². The molecule has 0 atom stereocenters. The van der Waals surface area contributed by atoms with E-state index in [-0.39, 0.29) is 17.5 Å². The quantitative estimate of drug-likeness (QED) is 0.461. The van der Waals surface area contributed by atoms with Crippen LogP contribution in [-0.2, 0) is 6.54 Å². The molecule has 0 aliphatic heterocycles. The van der Waals surface area contributed by atoms with Crippen molar-refractivity contribution in [3.05, 3.63) is 69.0 Å². The van der Waals surface area contributed by atoms with Gasteiger partial charge in [-0.1, -0.05) is 29.8 Å². The van der Waals surface area contributed by atoms with Crippen LogP contribution in [0.4, 0.5) is 15.8 Å². The van der Waals surface area contributed by atoms with Crippen molar-refractivity contribution < 1.29 is 9.31 Å². The van der Waals surface area contributed by atoms with Gasteiger partial charge in [-0.2, -0.15) is 0 Å². The van der Waals surface area contributed by atoms with Crippen molar-refractivity contribution in [2.45, 2.75) is 25.4 Å². The molecule has 3 rings (SSSR count). The number of halogens is 2. The predicted octanol–water partition coefficient (Wildman–Crippen LogP) is 4.75. The summed E-state index contributed by atoms with van der Waals surface area (Å²) in [6.45, 7) is 0.329. The molecule has 130 valence electrons. The number of nitrogens with one attached hydrogen (secondary N) is 1. The number of anilines is 1. The number of nitro groups is 1. The first-order chi connectivity index (χ1) is 12.0. The van der Waals surface area contributed by atoms with E-state index in [9.17, 15) is 14.5 Å². The van der Waals surface area contributed by atoms with E-state index in [1.165, 1.54) is 24.3 Å². The lowest BCUT2D eigenvalue weighted by Crippen LogP contribution is -2.36. The van der Waals surface area contributed by atoms with Crippen LogP contribution in [0.5, 0.6) is 0 Å². The molecule has 1 saturated carbocycles. The molecule has 0 radical (unpaired) electrons. The first-order valence-corrected chi connectivity index (χ1v) is 8.49. The summed E-state index contributed by atoms with van der Waals surface area (Å²) in [5, 5.41) is 14.6. The lowest BCUT2D eigenvalue weighted by molar-refractivity contribution is -0.384. The number of non-ortho nitro benzene ring substituents is 1. The maximum Gasteiger partial charge on any atom is 0.271 e. The number of nitrogens with zero attached hydrogens (tertiary/aromatic N) is 2. The zero-order valence-corrected chi connectivity index (χ0v) is 14.7. The SMILES string of the molecule is O=[N+]([O-])c1ccc(Cl)c(NC(=S)N(Cc2ccccc2F)C2CC2)c1. The molecule has 25 heavy (non-hydrogen) atoms. The van der Waals surface area contributed by atoms with Crippen molar-refractivity contribution in [1.82, 2.24) is 4.90 Å². The Morgan fingerprint density at radius 3 is 2.72 bits per heavy atom. The molecule has 0 bridgehead atoms. The smallest absolute Gasteiger partial charge is 0.271 e. The fourth-order valence-corrected chi connectivity index (χ4v) is 2.96. The van der Waals surface area contributed by atoms with Gasteiger partial charge >= 0.3 is 0 Å². The monoisotopic (exact) mass is 379 g/mol. The Kier molecular flexibility index (Phi) is 5.15. The van der Waals surface area contributed by atoms with Gasteiger partial charge in [-0.25, -0.2) is 4.39 Å². The Hall–Kier alpha value is -2.25. The highest BCUT2D eigenvalue weighted by atomic mass is 35.5. The topological polar surface area (TPSA) is 58.4 Å². The van der Waals surface area contributed by atoms with Crippen molar-refractivity contribution in [3.8, 4) is 0 Å². The van der Waals surface area contributed by atoms with E-state index < -0.39 is 4.92 Å². The third-order valence-electron chi connectivity index (χ3n) is 3.95. The molecule has 5 nitrogen and oxygen atoms in total. The lowest BCUT2D eigenvalue weighted by atomic mass is 10.2. The molecule has 8 heteroatoms. The van der Waals surface area contributed by atoms with Crippen LogP contribution in [0.1, 0.15) is 18.4 Å². The fourth-order valence-electron chi connectivity index (χ4n) is 2.47. The van der Waals surface area contributed by atoms with E-state index in [0.717, 1.165) is 12.8 Å². The van der Waals surface area contributed by atoms with Gasteiger partial charge in [-0.15, -0.1) is 0 Å². The molecule has 1 N–H and O–H groups in total. The summed E-state index contributed by atoms with van der Waals surface area (Å²) >= 11 is 11.6. The van der Waals surface area contributed by atoms with E-state index in [0.29, 0.717) is 27.9 Å². The summed E-state index contributed by atoms with van der Waals surface area (Å²) in [4.78, 5) is 12.3. The third kappa shape index (κ3) is 4.24. The number of rotatable bonds is 5. The molecule has 2 aromatic rings. The summed E-state index contributed by atoms with van der Waals surface area (Å²) < 4.78 is 13.9. The van der Waals surface area contributed by atoms with Gasteiger partial charge in [-0.3, -0.25) is 10.1 Å². The average Bonchev–Trinajstić information content (AvgIpc) is 3.40. The van der Waals surface area contributed by atoms with Crippen molar-refractivity contribution >= 4 is 40.3 Å². The van der Waals surface area contributed by atoms with E-state index in [2.05, 4.69) is 5.32 Å². The molecule has 1 aliphatic rings. The summed E-state index contributed by atoms with van der Waals surface area (Å²) in [5.41, 5.74) is 0.825. The molecule has 0 saturated heterocycles. The van der Waals surface area contributed by atoms with Gasteiger partial charge in [-0.05, 0) is 37.2 Å². The van der Waals surface area contributed by atoms with Gasteiger partial charge in [0.05, 0.1) is 15.6 Å².